The number of nitrogens with zero attached hydrogens (tertiary/aromatic N) is 2. The predicted octanol–water partition coefficient (Wildman–Crippen LogP) is 2.12. The van der Waals surface area contributed by atoms with Crippen molar-refractivity contribution in [2.24, 2.45) is 0 Å². The summed E-state index contributed by atoms with van der Waals surface area (Å²) in [7, 11) is 5.36. The Morgan fingerprint density at radius 1 is 1.40 bits per heavy atom. The van der Waals surface area contributed by atoms with E-state index in [1.807, 2.05) is 43.3 Å². The second-order valence-electron chi connectivity index (χ2n) is 3.32. The molecule has 0 bridgehead atoms. The van der Waals surface area contributed by atoms with E-state index in [4.69, 9.17) is 10.00 Å². The molecule has 0 saturated carbocycles. The van der Waals surface area contributed by atoms with E-state index in [0.717, 1.165) is 5.56 Å². The number of para-hydroxylation sites is 1. The van der Waals surface area contributed by atoms with Crippen molar-refractivity contribution in [2.45, 2.75) is 0 Å². The van der Waals surface area contributed by atoms with Gasteiger partial charge in [0.15, 0.2) is 0 Å². The van der Waals surface area contributed by atoms with Gasteiger partial charge in [0.1, 0.15) is 11.8 Å². The fourth-order valence-electron chi connectivity index (χ4n) is 1.28. The van der Waals surface area contributed by atoms with E-state index in [1.54, 1.807) is 13.3 Å². The van der Waals surface area contributed by atoms with E-state index in [1.165, 1.54) is 0 Å². The van der Waals surface area contributed by atoms with Crippen LogP contribution in [-0.4, -0.2) is 26.1 Å². The normalized spacial score (nSPS) is 10.7. The van der Waals surface area contributed by atoms with Gasteiger partial charge in [0, 0.05) is 25.9 Å². The van der Waals surface area contributed by atoms with Crippen LogP contribution in [0.1, 0.15) is 5.56 Å². The van der Waals surface area contributed by atoms with Gasteiger partial charge in [0.25, 0.3) is 0 Å². The highest BCUT2D eigenvalue weighted by Gasteiger charge is 2.06. The van der Waals surface area contributed by atoms with Gasteiger partial charge in [0.2, 0.25) is 0 Å². The zero-order valence-corrected chi connectivity index (χ0v) is 9.19. The molecule has 0 aliphatic heterocycles. The molecule has 0 amide bonds. The lowest BCUT2D eigenvalue weighted by Crippen LogP contribution is -2.02. The fourth-order valence-corrected chi connectivity index (χ4v) is 1.28. The topological polar surface area (TPSA) is 36.3 Å². The van der Waals surface area contributed by atoms with Crippen LogP contribution in [0.4, 0.5) is 0 Å². The molecule has 0 radical (unpaired) electrons. The number of benzene rings is 1. The van der Waals surface area contributed by atoms with E-state index in [0.29, 0.717) is 11.3 Å². The lowest BCUT2D eigenvalue weighted by Gasteiger charge is -2.09. The Labute approximate surface area is 90.2 Å². The molecule has 0 atom stereocenters. The molecule has 78 valence electrons. The molecule has 1 aromatic rings. The average molecular weight is 202 g/mol. The molecule has 3 heteroatoms. The first-order valence-electron chi connectivity index (χ1n) is 4.60. The summed E-state index contributed by atoms with van der Waals surface area (Å²) >= 11 is 0. The second-order valence-corrected chi connectivity index (χ2v) is 3.32. The summed E-state index contributed by atoms with van der Waals surface area (Å²) in [6.45, 7) is 0. The maximum Gasteiger partial charge on any atom is 0.127 e. The highest BCUT2D eigenvalue weighted by atomic mass is 16.5. The van der Waals surface area contributed by atoms with Crippen molar-refractivity contribution in [3.8, 4) is 11.8 Å². The maximum atomic E-state index is 9.05. The quantitative estimate of drug-likeness (QED) is 0.704. The summed E-state index contributed by atoms with van der Waals surface area (Å²) in [6, 6.07) is 9.65. The van der Waals surface area contributed by atoms with E-state index >= 15 is 0 Å². The van der Waals surface area contributed by atoms with E-state index in [2.05, 4.69) is 6.07 Å². The van der Waals surface area contributed by atoms with Crippen molar-refractivity contribution < 1.29 is 4.74 Å². The Balaban J connectivity index is 3.19. The molecular formula is C12H14N2O. The SMILES string of the molecule is COc1ccccc1/C(C#N)=C/N(C)C. The van der Waals surface area contributed by atoms with Crippen LogP contribution in [0.25, 0.3) is 5.57 Å². The molecule has 0 N–H and O–H groups in total. The highest BCUT2D eigenvalue weighted by molar-refractivity contribution is 5.79. The molecule has 0 spiro atoms. The van der Waals surface area contributed by atoms with E-state index in [9.17, 15) is 0 Å². The van der Waals surface area contributed by atoms with Crippen LogP contribution in [0, 0.1) is 11.3 Å². The van der Waals surface area contributed by atoms with Gasteiger partial charge in [-0.2, -0.15) is 5.26 Å². The number of rotatable bonds is 3. The maximum absolute atomic E-state index is 9.05. The van der Waals surface area contributed by atoms with Gasteiger partial charge in [-0.05, 0) is 12.1 Å². The van der Waals surface area contributed by atoms with Crippen LogP contribution in [0.5, 0.6) is 5.75 Å². The van der Waals surface area contributed by atoms with Gasteiger partial charge < -0.3 is 9.64 Å². The smallest absolute Gasteiger partial charge is 0.127 e. The Kier molecular flexibility index (Phi) is 3.75. The summed E-state index contributed by atoms with van der Waals surface area (Å²) in [4.78, 5) is 1.84. The number of nitriles is 1. The summed E-state index contributed by atoms with van der Waals surface area (Å²) < 4.78 is 5.20. The number of allylic oxidation sites excluding steroid dienone is 1. The second kappa shape index (κ2) is 5.06. The molecule has 0 aliphatic carbocycles. The largest absolute Gasteiger partial charge is 0.496 e. The first-order valence-corrected chi connectivity index (χ1v) is 4.60. The third-order valence-corrected chi connectivity index (χ3v) is 1.90. The first kappa shape index (κ1) is 11.1. The summed E-state index contributed by atoms with van der Waals surface area (Å²) in [5, 5.41) is 9.05. The van der Waals surface area contributed by atoms with Crippen molar-refractivity contribution in [3.63, 3.8) is 0 Å². The van der Waals surface area contributed by atoms with Gasteiger partial charge in [-0.15, -0.1) is 0 Å². The molecule has 0 saturated heterocycles. The highest BCUT2D eigenvalue weighted by Crippen LogP contribution is 2.25. The molecule has 0 unspecified atom stereocenters. The molecule has 0 aliphatic rings. The average Bonchev–Trinajstić information content (AvgIpc) is 2.25. The Hall–Kier alpha value is -1.95. The Morgan fingerprint density at radius 2 is 2.07 bits per heavy atom. The van der Waals surface area contributed by atoms with E-state index in [-0.39, 0.29) is 0 Å². The molecular weight excluding hydrogens is 188 g/mol. The van der Waals surface area contributed by atoms with Gasteiger partial charge in [0.05, 0.1) is 12.7 Å². The molecule has 15 heavy (non-hydrogen) atoms. The van der Waals surface area contributed by atoms with Gasteiger partial charge in [-0.1, -0.05) is 12.1 Å². The summed E-state index contributed by atoms with van der Waals surface area (Å²) in [5.74, 6) is 0.715. The summed E-state index contributed by atoms with van der Waals surface area (Å²) in [5.41, 5.74) is 1.41. The van der Waals surface area contributed by atoms with Crippen molar-refractivity contribution in [2.75, 3.05) is 21.2 Å². The predicted molar refractivity (Wildman–Crippen MR) is 60.3 cm³/mol. The number of methoxy groups -OCH3 is 1. The number of hydrogen-bond donors (Lipinski definition) is 0. The Morgan fingerprint density at radius 3 is 2.60 bits per heavy atom. The van der Waals surface area contributed by atoms with Crippen LogP contribution in [-0.2, 0) is 0 Å². The lowest BCUT2D eigenvalue weighted by atomic mass is 10.1. The molecule has 1 rings (SSSR count). The third kappa shape index (κ3) is 2.75. The van der Waals surface area contributed by atoms with Gasteiger partial charge in [-0.3, -0.25) is 0 Å². The van der Waals surface area contributed by atoms with Gasteiger partial charge in [-0.25, -0.2) is 0 Å². The van der Waals surface area contributed by atoms with Crippen LogP contribution in [0.2, 0.25) is 0 Å². The monoisotopic (exact) mass is 202 g/mol. The van der Waals surface area contributed by atoms with Crippen molar-refractivity contribution >= 4 is 5.57 Å². The van der Waals surface area contributed by atoms with E-state index < -0.39 is 0 Å². The Bertz CT molecular complexity index is 402. The van der Waals surface area contributed by atoms with Crippen LogP contribution in [0.15, 0.2) is 30.5 Å². The van der Waals surface area contributed by atoms with Crippen LogP contribution >= 0.6 is 0 Å². The third-order valence-electron chi connectivity index (χ3n) is 1.90. The minimum Gasteiger partial charge on any atom is -0.496 e. The van der Waals surface area contributed by atoms with Crippen LogP contribution in [0.3, 0.4) is 0 Å². The van der Waals surface area contributed by atoms with Crippen molar-refractivity contribution in [1.29, 1.82) is 5.26 Å². The molecule has 0 fully saturated rings. The minimum absolute atomic E-state index is 0.595. The zero-order chi connectivity index (χ0) is 11.3. The fraction of sp³-hybridized carbons (Fsp3) is 0.250. The lowest BCUT2D eigenvalue weighted by molar-refractivity contribution is 0.413. The van der Waals surface area contributed by atoms with Crippen molar-refractivity contribution in [3.05, 3.63) is 36.0 Å². The number of hydrogen-bond acceptors (Lipinski definition) is 3. The van der Waals surface area contributed by atoms with Gasteiger partial charge >= 0.3 is 0 Å². The molecule has 0 heterocycles. The molecule has 3 nitrogen and oxygen atoms in total. The first-order chi connectivity index (χ1) is 7.19. The summed E-state index contributed by atoms with van der Waals surface area (Å²) in [6.07, 6.45) is 1.78. The number of ether oxygens (including phenoxy) is 1. The van der Waals surface area contributed by atoms with Crippen LogP contribution < -0.4 is 4.74 Å². The van der Waals surface area contributed by atoms with Crippen molar-refractivity contribution in [1.82, 2.24) is 4.90 Å². The molecule has 0 aromatic heterocycles. The standard InChI is InChI=1S/C12H14N2O/c1-14(2)9-10(8-13)11-6-4-5-7-12(11)15-3/h4-7,9H,1-3H3/b10-9+. The molecule has 1 aromatic carbocycles. The zero-order valence-electron chi connectivity index (χ0n) is 9.19. The minimum atomic E-state index is 0.595.